The summed E-state index contributed by atoms with van der Waals surface area (Å²) in [6.07, 6.45) is 8.16. The van der Waals surface area contributed by atoms with Crippen LogP contribution < -0.4 is 0 Å². The summed E-state index contributed by atoms with van der Waals surface area (Å²) >= 11 is 4.71. The van der Waals surface area contributed by atoms with Gasteiger partial charge < -0.3 is 5.11 Å². The molecule has 1 aromatic heterocycles. The first-order chi connectivity index (χ1) is 14.9. The van der Waals surface area contributed by atoms with Crippen LogP contribution in [0.4, 0.5) is 4.39 Å². The molecule has 2 atom stereocenters. The number of carbonyl (C=O) groups is 2. The molecule has 2 heterocycles. The van der Waals surface area contributed by atoms with Gasteiger partial charge in [-0.3, -0.25) is 14.4 Å². The number of rotatable bonds is 8. The Kier molecular flexibility index (Phi) is 8.14. The maximum Gasteiger partial charge on any atom is 0.338 e. The molecule has 0 amide bonds. The smallest absolute Gasteiger partial charge is 0.338 e. The van der Waals surface area contributed by atoms with Gasteiger partial charge >= 0.3 is 5.97 Å². The SMILES string of the molecule is Cl.O=C(O)c1cnn(CC/C=C2\CN(C(C(=O)C3CC3)c3ccccc3F)CCC2S)c1. The molecule has 1 saturated carbocycles. The molecule has 1 saturated heterocycles. The van der Waals surface area contributed by atoms with Crippen molar-refractivity contribution in [3.8, 4) is 0 Å². The molecule has 1 aromatic carbocycles. The van der Waals surface area contributed by atoms with E-state index in [1.165, 1.54) is 18.5 Å². The molecule has 1 N–H and O–H groups in total. The second kappa shape index (κ2) is 10.6. The summed E-state index contributed by atoms with van der Waals surface area (Å²) in [5, 5.41) is 13.2. The first-order valence-electron chi connectivity index (χ1n) is 10.6. The van der Waals surface area contributed by atoms with E-state index in [0.717, 1.165) is 24.8 Å². The van der Waals surface area contributed by atoms with Crippen LogP contribution in [0.15, 0.2) is 48.3 Å². The van der Waals surface area contributed by atoms with Gasteiger partial charge in [0.05, 0.1) is 17.8 Å². The third-order valence-electron chi connectivity index (χ3n) is 5.96. The number of hydrogen-bond acceptors (Lipinski definition) is 5. The van der Waals surface area contributed by atoms with E-state index in [9.17, 15) is 14.0 Å². The van der Waals surface area contributed by atoms with Crippen molar-refractivity contribution in [2.24, 2.45) is 5.92 Å². The first kappa shape index (κ1) is 24.5. The molecule has 0 spiro atoms. The van der Waals surface area contributed by atoms with E-state index in [2.05, 4.69) is 16.1 Å². The van der Waals surface area contributed by atoms with Crippen LogP contribution in [0.5, 0.6) is 0 Å². The highest BCUT2D eigenvalue weighted by Crippen LogP contribution is 2.39. The molecule has 1 aliphatic carbocycles. The lowest BCUT2D eigenvalue weighted by Crippen LogP contribution is -2.42. The zero-order valence-electron chi connectivity index (χ0n) is 17.6. The number of nitrogens with zero attached hydrogens (tertiary/aromatic N) is 3. The number of aryl methyl sites for hydroxylation is 1. The van der Waals surface area contributed by atoms with Crippen molar-refractivity contribution in [3.05, 3.63) is 65.3 Å². The van der Waals surface area contributed by atoms with Gasteiger partial charge in [-0.05, 0) is 37.3 Å². The number of aromatic nitrogens is 2. The molecule has 0 bridgehead atoms. The number of carbonyl (C=O) groups excluding carboxylic acids is 1. The molecule has 2 aliphatic rings. The van der Waals surface area contributed by atoms with Crippen molar-refractivity contribution >= 4 is 36.8 Å². The van der Waals surface area contributed by atoms with Gasteiger partial charge in [0, 0.05) is 42.6 Å². The van der Waals surface area contributed by atoms with Gasteiger partial charge in [0.25, 0.3) is 0 Å². The fourth-order valence-electron chi connectivity index (χ4n) is 4.11. The van der Waals surface area contributed by atoms with E-state index in [-0.39, 0.29) is 40.7 Å². The predicted molar refractivity (Wildman–Crippen MR) is 125 cm³/mol. The van der Waals surface area contributed by atoms with Crippen LogP contribution in [0.3, 0.4) is 0 Å². The minimum Gasteiger partial charge on any atom is -0.478 e. The topological polar surface area (TPSA) is 75.4 Å². The minimum atomic E-state index is -0.998. The van der Waals surface area contributed by atoms with Crippen LogP contribution >= 0.6 is 25.0 Å². The summed E-state index contributed by atoms with van der Waals surface area (Å²) in [6.45, 7) is 1.80. The third-order valence-corrected chi connectivity index (χ3v) is 6.55. The molecule has 2 unspecified atom stereocenters. The van der Waals surface area contributed by atoms with Gasteiger partial charge in [-0.15, -0.1) is 12.4 Å². The zero-order chi connectivity index (χ0) is 22.0. The van der Waals surface area contributed by atoms with E-state index in [1.807, 2.05) is 0 Å². The normalized spacial score (nSPS) is 21.2. The quantitative estimate of drug-likeness (QED) is 0.438. The molecule has 9 heteroatoms. The van der Waals surface area contributed by atoms with Gasteiger partial charge in [-0.25, -0.2) is 9.18 Å². The Morgan fingerprint density at radius 2 is 2.03 bits per heavy atom. The van der Waals surface area contributed by atoms with Crippen LogP contribution in [-0.2, 0) is 11.3 Å². The summed E-state index contributed by atoms with van der Waals surface area (Å²) in [5.41, 5.74) is 1.72. The van der Waals surface area contributed by atoms with Crippen LogP contribution in [-0.4, -0.2) is 49.9 Å². The molecular weight excluding hydrogens is 453 g/mol. The predicted octanol–water partition coefficient (Wildman–Crippen LogP) is 4.18. The van der Waals surface area contributed by atoms with Crippen LogP contribution in [0, 0.1) is 11.7 Å². The average molecular weight is 480 g/mol. The Hall–Kier alpha value is -2.16. The number of piperidine rings is 1. The zero-order valence-corrected chi connectivity index (χ0v) is 19.3. The summed E-state index contributed by atoms with van der Waals surface area (Å²) in [5.74, 6) is -1.19. The average Bonchev–Trinajstić information content (AvgIpc) is 3.49. The molecular formula is C23H27ClFN3O3S. The lowest BCUT2D eigenvalue weighted by Gasteiger charge is -2.37. The molecule has 32 heavy (non-hydrogen) atoms. The number of carboxylic acid groups (broad SMARTS) is 1. The van der Waals surface area contributed by atoms with Gasteiger partial charge in [0.2, 0.25) is 0 Å². The Balaban J connectivity index is 0.00000289. The number of ketones is 1. The van der Waals surface area contributed by atoms with E-state index in [1.54, 1.807) is 22.9 Å². The molecule has 172 valence electrons. The molecule has 2 fully saturated rings. The second-order valence-electron chi connectivity index (χ2n) is 8.24. The number of Topliss-reactive ketones (excluding diaryl/α,β-unsaturated/α-hetero) is 1. The lowest BCUT2D eigenvalue weighted by atomic mass is 9.93. The molecule has 6 nitrogen and oxygen atoms in total. The van der Waals surface area contributed by atoms with E-state index < -0.39 is 12.0 Å². The van der Waals surface area contributed by atoms with E-state index in [0.29, 0.717) is 31.6 Å². The Morgan fingerprint density at radius 3 is 2.69 bits per heavy atom. The van der Waals surface area contributed by atoms with Crippen LogP contribution in [0.2, 0.25) is 0 Å². The van der Waals surface area contributed by atoms with Crippen LogP contribution in [0.1, 0.15) is 47.6 Å². The summed E-state index contributed by atoms with van der Waals surface area (Å²) in [6, 6.07) is 5.99. The van der Waals surface area contributed by atoms with E-state index in [4.69, 9.17) is 17.7 Å². The Morgan fingerprint density at radius 1 is 1.28 bits per heavy atom. The highest BCUT2D eigenvalue weighted by molar-refractivity contribution is 7.81. The number of hydrogen-bond donors (Lipinski definition) is 2. The highest BCUT2D eigenvalue weighted by atomic mass is 35.5. The van der Waals surface area contributed by atoms with Gasteiger partial charge in [-0.2, -0.15) is 17.7 Å². The number of benzene rings is 1. The van der Waals surface area contributed by atoms with E-state index >= 15 is 0 Å². The van der Waals surface area contributed by atoms with Crippen LogP contribution in [0.25, 0.3) is 0 Å². The monoisotopic (exact) mass is 479 g/mol. The number of carboxylic acids is 1. The van der Waals surface area contributed by atoms with Gasteiger partial charge in [0.1, 0.15) is 5.82 Å². The number of allylic oxidation sites excluding steroid dienone is 1. The number of thiol groups is 1. The van der Waals surface area contributed by atoms with Crippen molar-refractivity contribution in [2.45, 2.75) is 43.5 Å². The highest BCUT2D eigenvalue weighted by Gasteiger charge is 2.40. The second-order valence-corrected chi connectivity index (χ2v) is 8.86. The molecule has 0 radical (unpaired) electrons. The van der Waals surface area contributed by atoms with Gasteiger partial charge in [0.15, 0.2) is 5.78 Å². The maximum atomic E-state index is 14.6. The van der Waals surface area contributed by atoms with Crippen molar-refractivity contribution in [3.63, 3.8) is 0 Å². The Bertz CT molecular complexity index is 1010. The van der Waals surface area contributed by atoms with Crippen molar-refractivity contribution < 1.29 is 19.1 Å². The summed E-state index contributed by atoms with van der Waals surface area (Å²) in [4.78, 5) is 26.2. The molecule has 2 aromatic rings. The number of aromatic carboxylic acids is 1. The standard InChI is InChI=1S/C23H26FN3O3S.ClH/c24-19-6-2-1-5-18(19)21(22(28)15-7-8-15)26-11-9-20(31)16(13-26)4-3-10-27-14-17(12-25-27)23(29)30;/h1-2,4-6,12,14-15,20-21,31H,3,7-11,13H2,(H,29,30);1H/b16-4+;. The van der Waals surface area contributed by atoms with Gasteiger partial charge in [-0.1, -0.05) is 24.3 Å². The number of likely N-dealkylation sites (tertiary alicyclic amines) is 1. The molecule has 4 rings (SSSR count). The third kappa shape index (κ3) is 5.60. The fourth-order valence-corrected chi connectivity index (χ4v) is 4.41. The summed E-state index contributed by atoms with van der Waals surface area (Å²) < 4.78 is 16.2. The fraction of sp³-hybridized carbons (Fsp3) is 0.435. The maximum absolute atomic E-state index is 14.6. The van der Waals surface area contributed by atoms with Crippen molar-refractivity contribution in [1.82, 2.24) is 14.7 Å². The summed E-state index contributed by atoms with van der Waals surface area (Å²) in [7, 11) is 0. The van der Waals surface area contributed by atoms with Crippen molar-refractivity contribution in [1.29, 1.82) is 0 Å². The largest absolute Gasteiger partial charge is 0.478 e. The first-order valence-corrected chi connectivity index (χ1v) is 11.1. The van der Waals surface area contributed by atoms with Crippen molar-refractivity contribution in [2.75, 3.05) is 13.1 Å². The number of halogens is 2. The molecule has 1 aliphatic heterocycles. The Labute approximate surface area is 198 Å². The minimum absolute atomic E-state index is 0. The lowest BCUT2D eigenvalue weighted by molar-refractivity contribution is -0.126.